The van der Waals surface area contributed by atoms with E-state index < -0.39 is 43.4 Å². The van der Waals surface area contributed by atoms with Crippen LogP contribution in [0.5, 0.6) is 0 Å². The maximum Gasteiger partial charge on any atom is 0.417 e. The fourth-order valence-electron chi connectivity index (χ4n) is 3.80. The summed E-state index contributed by atoms with van der Waals surface area (Å²) < 4.78 is 71.6. The number of benzene rings is 1. The normalized spacial score (nSPS) is 20.8. The highest BCUT2D eigenvalue weighted by molar-refractivity contribution is 7.92. The van der Waals surface area contributed by atoms with Gasteiger partial charge in [-0.2, -0.15) is 18.4 Å². The highest BCUT2D eigenvalue weighted by atomic mass is 32.2. The molecule has 0 saturated heterocycles. The third kappa shape index (κ3) is 6.26. The summed E-state index contributed by atoms with van der Waals surface area (Å²) in [4.78, 5) is 16.8. The van der Waals surface area contributed by atoms with Crippen molar-refractivity contribution in [3.05, 3.63) is 42.5 Å². The Morgan fingerprint density at radius 3 is 2.34 bits per heavy atom. The maximum atomic E-state index is 13.6. The summed E-state index contributed by atoms with van der Waals surface area (Å²) in [5.74, 6) is 0. The number of nitrogens with zero attached hydrogens (tertiary/aromatic N) is 3. The van der Waals surface area contributed by atoms with Crippen molar-refractivity contribution in [3.8, 4) is 17.2 Å². The molecule has 1 aromatic heterocycles. The fourth-order valence-corrected chi connectivity index (χ4v) is 5.81. The number of alkyl halides is 3. The topological polar surface area (TPSA) is 142 Å². The van der Waals surface area contributed by atoms with E-state index in [-0.39, 0.29) is 24.5 Å². The summed E-state index contributed by atoms with van der Waals surface area (Å²) in [5, 5.41) is 17.7. The highest BCUT2D eigenvalue weighted by Crippen LogP contribution is 2.40. The summed E-state index contributed by atoms with van der Waals surface area (Å²) in [6.07, 6.45) is 0.142. The minimum absolute atomic E-state index is 0.199. The zero-order chi connectivity index (χ0) is 25.9. The van der Waals surface area contributed by atoms with Crippen molar-refractivity contribution < 1.29 is 36.2 Å². The lowest BCUT2D eigenvalue weighted by Gasteiger charge is -2.18. The molecule has 2 saturated carbocycles. The minimum Gasteiger partial charge on any atom is -0.465 e. The van der Waals surface area contributed by atoms with Gasteiger partial charge >= 0.3 is 12.3 Å². The second-order valence-corrected chi connectivity index (χ2v) is 10.5. The van der Waals surface area contributed by atoms with Gasteiger partial charge in [-0.25, -0.2) is 23.2 Å². The first-order chi connectivity index (χ1) is 16.4. The van der Waals surface area contributed by atoms with Crippen molar-refractivity contribution in [2.45, 2.75) is 60.1 Å². The highest BCUT2D eigenvalue weighted by Gasteiger charge is 2.45. The van der Waals surface area contributed by atoms with Crippen molar-refractivity contribution in [1.29, 1.82) is 5.26 Å². The number of ether oxygens (including phenoxy) is 1. The molecule has 0 aliphatic heterocycles. The van der Waals surface area contributed by atoms with Gasteiger partial charge in [0.1, 0.15) is 11.9 Å². The molecule has 2 aliphatic rings. The van der Waals surface area contributed by atoms with E-state index in [1.165, 1.54) is 31.9 Å². The lowest BCUT2D eigenvalue weighted by Crippen LogP contribution is -2.33. The Labute approximate surface area is 199 Å². The second-order valence-electron chi connectivity index (χ2n) is 8.30. The van der Waals surface area contributed by atoms with E-state index >= 15 is 0 Å². The minimum atomic E-state index is -4.80. The summed E-state index contributed by atoms with van der Waals surface area (Å²) in [6.45, 7) is 0. The lowest BCUT2D eigenvalue weighted by molar-refractivity contribution is -0.139. The predicted octanol–water partition coefficient (Wildman–Crippen LogP) is 3.81. The molecule has 35 heavy (non-hydrogen) atoms. The standard InChI is InChI=1S/C17H17F3N2O3S.C5H6N2O2/c1-25-13-3-4-14(7-13)26(23,24)16-5-2-11(6-15(16)17(18,19)20)12-8-21-10-22-9-12;6-3-5(1-2-5)7-4(8)9/h2,5-6,8-10,13-14H,3-4,7H2,1H3;7H,1-2H2,(H,8,9)/t13-,14-;/m0./s1. The summed E-state index contributed by atoms with van der Waals surface area (Å²) >= 11 is 0. The van der Waals surface area contributed by atoms with Gasteiger partial charge in [0, 0.05) is 25.1 Å². The lowest BCUT2D eigenvalue weighted by atomic mass is 10.1. The quantitative estimate of drug-likeness (QED) is 0.616. The number of hydrogen-bond acceptors (Lipinski definition) is 7. The van der Waals surface area contributed by atoms with E-state index in [0.29, 0.717) is 24.8 Å². The van der Waals surface area contributed by atoms with Crippen LogP contribution in [0.2, 0.25) is 0 Å². The molecule has 1 amide bonds. The molecule has 0 spiro atoms. The molecule has 2 aromatic rings. The molecule has 2 N–H and O–H groups in total. The van der Waals surface area contributed by atoms with Crippen LogP contribution < -0.4 is 5.32 Å². The van der Waals surface area contributed by atoms with Gasteiger partial charge < -0.3 is 15.2 Å². The molecule has 0 unspecified atom stereocenters. The third-order valence-electron chi connectivity index (χ3n) is 5.90. The van der Waals surface area contributed by atoms with Crippen LogP contribution in [-0.4, -0.2) is 53.6 Å². The van der Waals surface area contributed by atoms with Crippen molar-refractivity contribution in [1.82, 2.24) is 15.3 Å². The van der Waals surface area contributed by atoms with Crippen molar-refractivity contribution in [2.75, 3.05) is 7.11 Å². The van der Waals surface area contributed by atoms with Gasteiger partial charge in [0.05, 0.1) is 27.9 Å². The number of rotatable bonds is 5. The Morgan fingerprint density at radius 2 is 1.89 bits per heavy atom. The number of hydrogen-bond donors (Lipinski definition) is 2. The summed E-state index contributed by atoms with van der Waals surface area (Å²) in [7, 11) is -2.66. The maximum absolute atomic E-state index is 13.6. The van der Waals surface area contributed by atoms with Gasteiger partial charge in [-0.1, -0.05) is 6.07 Å². The number of halogens is 3. The largest absolute Gasteiger partial charge is 0.465 e. The molecule has 4 rings (SSSR count). The van der Waals surface area contributed by atoms with Crippen LogP contribution in [0.3, 0.4) is 0 Å². The van der Waals surface area contributed by atoms with Gasteiger partial charge in [0.2, 0.25) is 0 Å². The van der Waals surface area contributed by atoms with Gasteiger partial charge in [-0.3, -0.25) is 0 Å². The van der Waals surface area contributed by atoms with Crippen LogP contribution >= 0.6 is 0 Å². The first-order valence-electron chi connectivity index (χ1n) is 10.6. The van der Waals surface area contributed by atoms with Gasteiger partial charge in [-0.15, -0.1) is 0 Å². The van der Waals surface area contributed by atoms with Gasteiger partial charge in [-0.05, 0) is 49.8 Å². The van der Waals surface area contributed by atoms with E-state index in [1.54, 1.807) is 0 Å². The average molecular weight is 513 g/mol. The summed E-state index contributed by atoms with van der Waals surface area (Å²) in [5.41, 5.74) is -1.31. The first kappa shape index (κ1) is 26.4. The van der Waals surface area contributed by atoms with Crippen LogP contribution in [0.15, 0.2) is 41.8 Å². The molecule has 1 aromatic carbocycles. The van der Waals surface area contributed by atoms with E-state index in [1.807, 2.05) is 6.07 Å². The molecular formula is C22H23F3N4O5S. The van der Waals surface area contributed by atoms with Crippen LogP contribution in [0.4, 0.5) is 18.0 Å². The predicted molar refractivity (Wildman–Crippen MR) is 117 cm³/mol. The Bertz CT molecular complexity index is 1210. The number of sulfone groups is 1. The molecular weight excluding hydrogens is 489 g/mol. The average Bonchev–Trinajstić information content (AvgIpc) is 3.40. The van der Waals surface area contributed by atoms with Gasteiger partial charge in [0.25, 0.3) is 0 Å². The molecule has 188 valence electrons. The van der Waals surface area contributed by atoms with Crippen molar-refractivity contribution in [3.63, 3.8) is 0 Å². The molecule has 1 heterocycles. The Balaban J connectivity index is 0.000000320. The monoisotopic (exact) mass is 512 g/mol. The Morgan fingerprint density at radius 1 is 1.23 bits per heavy atom. The molecule has 2 atom stereocenters. The zero-order valence-electron chi connectivity index (χ0n) is 18.6. The van der Waals surface area contributed by atoms with Crippen LogP contribution in [0, 0.1) is 11.3 Å². The molecule has 0 bridgehead atoms. The number of amides is 1. The van der Waals surface area contributed by atoms with E-state index in [4.69, 9.17) is 15.1 Å². The number of aromatic nitrogens is 2. The van der Waals surface area contributed by atoms with Crippen LogP contribution in [0.1, 0.15) is 37.7 Å². The molecule has 2 fully saturated rings. The van der Waals surface area contributed by atoms with Crippen LogP contribution in [-0.2, 0) is 20.8 Å². The van der Waals surface area contributed by atoms with Crippen LogP contribution in [0.25, 0.3) is 11.1 Å². The molecule has 13 heteroatoms. The first-order valence-corrected chi connectivity index (χ1v) is 12.1. The van der Waals surface area contributed by atoms with E-state index in [2.05, 4.69) is 15.3 Å². The van der Waals surface area contributed by atoms with E-state index in [0.717, 1.165) is 12.1 Å². The van der Waals surface area contributed by atoms with Crippen molar-refractivity contribution in [2.24, 2.45) is 0 Å². The second kappa shape index (κ2) is 10.2. The summed E-state index contributed by atoms with van der Waals surface area (Å²) in [6, 6.07) is 5.11. The Kier molecular flexibility index (Phi) is 7.66. The number of nitriles is 1. The molecule has 0 radical (unpaired) electrons. The number of carbonyl (C=O) groups is 1. The smallest absolute Gasteiger partial charge is 0.417 e. The molecule has 9 nitrogen and oxygen atoms in total. The number of nitrogens with one attached hydrogen (secondary N) is 1. The number of carboxylic acid groups (broad SMARTS) is 1. The van der Waals surface area contributed by atoms with Gasteiger partial charge in [0.15, 0.2) is 9.84 Å². The zero-order valence-corrected chi connectivity index (χ0v) is 19.4. The number of methoxy groups -OCH3 is 1. The SMILES string of the molecule is CO[C@H]1CC[C@H](S(=O)(=O)c2ccc(-c3cncnc3)cc2C(F)(F)F)C1.N#CC1(NC(=O)O)CC1. The van der Waals surface area contributed by atoms with E-state index in [9.17, 15) is 26.4 Å². The Hall–Kier alpha value is -3.24. The molecule has 2 aliphatic carbocycles. The fraction of sp³-hybridized carbons (Fsp3) is 0.455. The van der Waals surface area contributed by atoms with Crippen molar-refractivity contribution >= 4 is 15.9 Å². The third-order valence-corrected chi connectivity index (χ3v) is 8.18.